The van der Waals surface area contributed by atoms with Crippen molar-refractivity contribution in [1.82, 2.24) is 19.6 Å². The maximum absolute atomic E-state index is 14.3. The highest BCUT2D eigenvalue weighted by Crippen LogP contribution is 2.37. The number of nitrogens with one attached hydrogen (secondary N) is 1. The van der Waals surface area contributed by atoms with Crippen LogP contribution in [-0.2, 0) is 13.1 Å². The third-order valence-corrected chi connectivity index (χ3v) is 6.18. The highest BCUT2D eigenvalue weighted by Gasteiger charge is 2.39. The maximum Gasteiger partial charge on any atom is 0.137 e. The Kier molecular flexibility index (Phi) is 4.49. The molecule has 1 saturated heterocycles. The SMILES string of the molecule is CN1CC(N2Cc3nn4c(c3C2)NC=CC=C4)CC(N)C1c1cc(F)ccc1F. The van der Waals surface area contributed by atoms with E-state index in [2.05, 4.69) is 10.2 Å². The van der Waals surface area contributed by atoms with Crippen LogP contribution in [-0.4, -0.2) is 45.3 Å². The molecule has 1 aromatic heterocycles. The Bertz CT molecular complexity index is 985. The molecule has 3 N–H and O–H groups in total. The van der Waals surface area contributed by atoms with Gasteiger partial charge in [0.25, 0.3) is 0 Å². The standard InChI is InChI=1S/C21H24F2N6/c1-27-10-14(9-18(24)20(27)15-8-13(22)4-5-17(15)23)28-11-16-19(12-28)26-29-7-3-2-6-25-21(16)29/h2-8,14,18,20,25H,9-12,24H2,1H3. The van der Waals surface area contributed by atoms with Crippen LogP contribution < -0.4 is 11.1 Å². The van der Waals surface area contributed by atoms with Crippen LogP contribution in [0, 0.1) is 11.6 Å². The van der Waals surface area contributed by atoms with Crippen molar-refractivity contribution in [3.63, 3.8) is 0 Å². The number of aromatic nitrogens is 2. The van der Waals surface area contributed by atoms with Gasteiger partial charge in [0.15, 0.2) is 0 Å². The molecule has 29 heavy (non-hydrogen) atoms. The van der Waals surface area contributed by atoms with Gasteiger partial charge in [0.1, 0.15) is 17.5 Å². The van der Waals surface area contributed by atoms with Gasteiger partial charge in [-0.05, 0) is 43.8 Å². The Morgan fingerprint density at radius 2 is 2.07 bits per heavy atom. The van der Waals surface area contributed by atoms with Gasteiger partial charge in [0, 0.05) is 55.2 Å². The van der Waals surface area contributed by atoms with Crippen molar-refractivity contribution in [1.29, 1.82) is 0 Å². The van der Waals surface area contributed by atoms with Crippen LogP contribution in [0.1, 0.15) is 29.3 Å². The number of fused-ring (bicyclic) bond motifs is 3. The Morgan fingerprint density at radius 1 is 1.21 bits per heavy atom. The van der Waals surface area contributed by atoms with Gasteiger partial charge >= 0.3 is 0 Å². The normalized spacial score (nSPS) is 26.8. The smallest absolute Gasteiger partial charge is 0.137 e. The second-order valence-corrected chi connectivity index (χ2v) is 8.07. The minimum absolute atomic E-state index is 0.231. The summed E-state index contributed by atoms with van der Waals surface area (Å²) in [5, 5.41) is 8.01. The number of benzene rings is 1. The fourth-order valence-electron chi connectivity index (χ4n) is 4.86. The van der Waals surface area contributed by atoms with Gasteiger partial charge in [-0.3, -0.25) is 9.80 Å². The highest BCUT2D eigenvalue weighted by atomic mass is 19.1. The number of rotatable bonds is 2. The minimum atomic E-state index is -0.438. The molecule has 8 heteroatoms. The van der Waals surface area contributed by atoms with E-state index in [1.807, 2.05) is 41.2 Å². The number of hydrogen-bond acceptors (Lipinski definition) is 5. The molecule has 2 aromatic rings. The van der Waals surface area contributed by atoms with Crippen molar-refractivity contribution in [3.05, 3.63) is 65.0 Å². The predicted molar refractivity (Wildman–Crippen MR) is 108 cm³/mol. The summed E-state index contributed by atoms with van der Waals surface area (Å²) in [5.41, 5.74) is 9.09. The van der Waals surface area contributed by atoms with E-state index in [-0.39, 0.29) is 18.1 Å². The average Bonchev–Trinajstić information content (AvgIpc) is 3.14. The first-order chi connectivity index (χ1) is 14.0. The third kappa shape index (κ3) is 3.17. The zero-order valence-corrected chi connectivity index (χ0v) is 16.2. The lowest BCUT2D eigenvalue weighted by Gasteiger charge is -2.44. The molecule has 6 nitrogen and oxygen atoms in total. The third-order valence-electron chi connectivity index (χ3n) is 6.18. The highest BCUT2D eigenvalue weighted by molar-refractivity contribution is 5.57. The van der Waals surface area contributed by atoms with Crippen molar-refractivity contribution in [2.45, 2.75) is 37.6 Å². The van der Waals surface area contributed by atoms with Gasteiger partial charge in [-0.2, -0.15) is 5.10 Å². The zero-order valence-electron chi connectivity index (χ0n) is 16.2. The molecular weight excluding hydrogens is 374 g/mol. The number of allylic oxidation sites excluding steroid dienone is 2. The molecule has 3 atom stereocenters. The molecule has 0 aliphatic carbocycles. The first kappa shape index (κ1) is 18.5. The van der Waals surface area contributed by atoms with Crippen LogP contribution in [0.5, 0.6) is 0 Å². The number of piperidine rings is 1. The Balaban J connectivity index is 1.34. The van der Waals surface area contributed by atoms with Gasteiger partial charge in [-0.25, -0.2) is 13.5 Å². The topological polar surface area (TPSA) is 62.3 Å². The van der Waals surface area contributed by atoms with Crippen molar-refractivity contribution >= 4 is 12.0 Å². The van der Waals surface area contributed by atoms with Crippen molar-refractivity contribution in [3.8, 4) is 0 Å². The summed E-state index contributed by atoms with van der Waals surface area (Å²) in [4.78, 5) is 4.43. The van der Waals surface area contributed by atoms with E-state index in [0.717, 1.165) is 43.6 Å². The van der Waals surface area contributed by atoms with Gasteiger partial charge in [-0.1, -0.05) is 0 Å². The summed E-state index contributed by atoms with van der Waals surface area (Å²) in [5.74, 6) is 0.155. The quantitative estimate of drug-likeness (QED) is 0.815. The first-order valence-electron chi connectivity index (χ1n) is 9.86. The average molecular weight is 398 g/mol. The molecular formula is C21H24F2N6. The van der Waals surface area contributed by atoms with Gasteiger partial charge in [-0.15, -0.1) is 0 Å². The van der Waals surface area contributed by atoms with Crippen LogP contribution in [0.3, 0.4) is 0 Å². The number of likely N-dealkylation sites (N-methyl/N-ethyl adjacent to an activating group) is 1. The van der Waals surface area contributed by atoms with Gasteiger partial charge < -0.3 is 11.1 Å². The van der Waals surface area contributed by atoms with Crippen LogP contribution in [0.2, 0.25) is 0 Å². The molecule has 4 heterocycles. The number of anilines is 1. The summed E-state index contributed by atoms with van der Waals surface area (Å²) >= 11 is 0. The zero-order chi connectivity index (χ0) is 20.1. The molecule has 1 fully saturated rings. The minimum Gasteiger partial charge on any atom is -0.346 e. The van der Waals surface area contributed by atoms with E-state index in [0.29, 0.717) is 5.56 Å². The summed E-state index contributed by atoms with van der Waals surface area (Å²) in [6.45, 7) is 2.30. The summed E-state index contributed by atoms with van der Waals surface area (Å²) < 4.78 is 29.9. The van der Waals surface area contributed by atoms with Crippen molar-refractivity contribution in [2.24, 2.45) is 5.73 Å². The number of hydrogen-bond donors (Lipinski definition) is 2. The van der Waals surface area contributed by atoms with Crippen molar-refractivity contribution in [2.75, 3.05) is 18.9 Å². The fourth-order valence-corrected chi connectivity index (χ4v) is 4.86. The van der Waals surface area contributed by atoms with Crippen molar-refractivity contribution < 1.29 is 8.78 Å². The number of nitrogens with two attached hydrogens (primary N) is 1. The molecule has 0 amide bonds. The number of likely N-dealkylation sites (tertiary alicyclic amines) is 1. The van der Waals surface area contributed by atoms with E-state index in [4.69, 9.17) is 10.8 Å². The Labute approximate surface area is 168 Å². The lowest BCUT2D eigenvalue weighted by molar-refractivity contribution is 0.0586. The van der Waals surface area contributed by atoms with Gasteiger partial charge in [0.2, 0.25) is 0 Å². The molecule has 3 unspecified atom stereocenters. The first-order valence-corrected chi connectivity index (χ1v) is 9.86. The molecule has 0 radical (unpaired) electrons. The molecule has 0 spiro atoms. The second-order valence-electron chi connectivity index (χ2n) is 8.07. The van der Waals surface area contributed by atoms with E-state index in [1.165, 1.54) is 17.7 Å². The van der Waals surface area contributed by atoms with Crippen LogP contribution >= 0.6 is 0 Å². The second kappa shape index (κ2) is 7.05. The molecule has 3 aliphatic rings. The summed E-state index contributed by atoms with van der Waals surface area (Å²) in [6, 6.07) is 3.20. The molecule has 5 rings (SSSR count). The Morgan fingerprint density at radius 3 is 2.90 bits per heavy atom. The lowest BCUT2D eigenvalue weighted by atomic mass is 9.88. The maximum atomic E-state index is 14.3. The van der Waals surface area contributed by atoms with Crippen LogP contribution in [0.4, 0.5) is 14.6 Å². The van der Waals surface area contributed by atoms with E-state index >= 15 is 0 Å². The largest absolute Gasteiger partial charge is 0.346 e. The molecule has 0 saturated carbocycles. The van der Waals surface area contributed by atoms with Gasteiger partial charge in [0.05, 0.1) is 11.7 Å². The van der Waals surface area contributed by atoms with Crippen LogP contribution in [0.25, 0.3) is 6.20 Å². The number of nitrogens with zero attached hydrogens (tertiary/aromatic N) is 4. The molecule has 3 aliphatic heterocycles. The Hall–Kier alpha value is -2.55. The predicted octanol–water partition coefficient (Wildman–Crippen LogP) is 2.66. The monoisotopic (exact) mass is 398 g/mol. The molecule has 1 aromatic carbocycles. The summed E-state index contributed by atoms with van der Waals surface area (Å²) in [7, 11) is 1.93. The summed E-state index contributed by atoms with van der Waals surface area (Å²) in [6.07, 6.45) is 8.45. The molecule has 0 bridgehead atoms. The van der Waals surface area contributed by atoms with E-state index in [1.54, 1.807) is 0 Å². The fraction of sp³-hybridized carbons (Fsp3) is 0.381. The van der Waals surface area contributed by atoms with Crippen LogP contribution in [0.15, 0.2) is 36.6 Å². The van der Waals surface area contributed by atoms with E-state index in [9.17, 15) is 8.78 Å². The van der Waals surface area contributed by atoms with E-state index < -0.39 is 11.6 Å². The number of halogens is 2. The lowest BCUT2D eigenvalue weighted by Crippen LogP contribution is -2.54. The molecule has 152 valence electrons.